The molecule has 2 aliphatic heterocycles. The summed E-state index contributed by atoms with van der Waals surface area (Å²) in [5.74, 6) is 0. The number of aromatic amines is 1. The molecule has 1 aliphatic carbocycles. The normalized spacial score (nSPS) is 31.6. The first-order chi connectivity index (χ1) is 14.1. The van der Waals surface area contributed by atoms with Crippen molar-refractivity contribution in [3.63, 3.8) is 0 Å². The van der Waals surface area contributed by atoms with Crippen molar-refractivity contribution in [1.29, 1.82) is 0 Å². The highest BCUT2D eigenvalue weighted by Crippen LogP contribution is 2.50. The number of H-pyrrole nitrogens is 1. The van der Waals surface area contributed by atoms with Crippen LogP contribution in [-0.4, -0.2) is 32.1 Å². The lowest BCUT2D eigenvalue weighted by atomic mass is 9.83. The molecule has 3 fully saturated rings. The summed E-state index contributed by atoms with van der Waals surface area (Å²) in [7, 11) is 0. The first kappa shape index (κ1) is 19.1. The summed E-state index contributed by atoms with van der Waals surface area (Å²) in [6.07, 6.45) is 13.9. The molecule has 0 spiro atoms. The fraction of sp³-hybridized carbons (Fsp3) is 0.667. The van der Waals surface area contributed by atoms with Gasteiger partial charge in [0.15, 0.2) is 0 Å². The van der Waals surface area contributed by atoms with Crippen LogP contribution in [0.5, 0.6) is 0 Å². The number of para-hydroxylation sites is 2. The molecule has 2 saturated heterocycles. The van der Waals surface area contributed by atoms with Crippen molar-refractivity contribution in [1.82, 2.24) is 14.5 Å². The van der Waals surface area contributed by atoms with Gasteiger partial charge in [-0.15, -0.1) is 0 Å². The minimum atomic E-state index is -0.497. The first-order valence-electron chi connectivity index (χ1n) is 11.6. The number of hydrogen-bond acceptors (Lipinski definition) is 3. The zero-order chi connectivity index (χ0) is 20.0. The van der Waals surface area contributed by atoms with E-state index in [1.807, 2.05) is 28.8 Å². The summed E-state index contributed by atoms with van der Waals surface area (Å²) in [6.45, 7) is 2.42. The molecule has 1 N–H and O–H groups in total. The van der Waals surface area contributed by atoms with E-state index in [-0.39, 0.29) is 11.6 Å². The molecular weight excluding hydrogens is 362 g/mol. The molecule has 5 nitrogen and oxygen atoms in total. The lowest BCUT2D eigenvalue weighted by molar-refractivity contribution is -0.00655. The Hall–Kier alpha value is -1.88. The van der Waals surface area contributed by atoms with Crippen LogP contribution >= 0.6 is 0 Å². The Morgan fingerprint density at radius 1 is 0.931 bits per heavy atom. The van der Waals surface area contributed by atoms with E-state index in [1.165, 1.54) is 57.8 Å². The maximum atomic E-state index is 12.9. The van der Waals surface area contributed by atoms with E-state index in [0.717, 1.165) is 23.9 Å². The topological polar surface area (TPSA) is 58.1 Å². The number of hydrogen-bond donors (Lipinski definition) is 1. The van der Waals surface area contributed by atoms with Crippen LogP contribution in [-0.2, 0) is 0 Å². The van der Waals surface area contributed by atoms with Crippen LogP contribution in [0, 0.1) is 0 Å². The van der Waals surface area contributed by atoms with Crippen molar-refractivity contribution in [3.05, 3.63) is 45.0 Å². The molecule has 1 aromatic heterocycles. The fourth-order valence-electron chi connectivity index (χ4n) is 6.73. The molecule has 3 atom stereocenters. The van der Waals surface area contributed by atoms with Gasteiger partial charge in [-0.25, -0.2) is 0 Å². The fourth-order valence-corrected chi connectivity index (χ4v) is 6.73. The number of nitrogens with one attached hydrogen (secondary N) is 1. The molecule has 0 unspecified atom stereocenters. The molecule has 0 amide bonds. The van der Waals surface area contributed by atoms with E-state index in [4.69, 9.17) is 0 Å². The van der Waals surface area contributed by atoms with Gasteiger partial charge < -0.3 is 4.98 Å². The number of benzene rings is 1. The van der Waals surface area contributed by atoms with Crippen molar-refractivity contribution in [3.8, 4) is 0 Å². The molecule has 3 aliphatic rings. The van der Waals surface area contributed by atoms with Gasteiger partial charge in [-0.05, 0) is 57.6 Å². The van der Waals surface area contributed by atoms with Crippen LogP contribution in [0.2, 0.25) is 0 Å². The maximum Gasteiger partial charge on any atom is 0.316 e. The van der Waals surface area contributed by atoms with Crippen LogP contribution < -0.4 is 11.1 Å². The van der Waals surface area contributed by atoms with E-state index in [2.05, 4.69) is 16.8 Å². The average Bonchev–Trinajstić information content (AvgIpc) is 2.88. The summed E-state index contributed by atoms with van der Waals surface area (Å²) in [5.41, 5.74) is 0.877. The van der Waals surface area contributed by atoms with Gasteiger partial charge in [0.2, 0.25) is 0 Å². The molecule has 156 valence electrons. The molecule has 5 heteroatoms. The standard InChI is InChI=1S/C24H33N3O2/c1-24-14-13-18(27(24)17-9-5-3-2-4-6-10-17)15-19(16-24)26-21-12-8-7-11-20(21)25-22(28)23(26)29/h7-8,11-12,17-19H,2-6,9-10,13-16H2,1H3,(H,25,28)/t18-,19-,24+/m0/s1. The molecule has 2 bridgehead atoms. The average molecular weight is 396 g/mol. The monoisotopic (exact) mass is 395 g/mol. The Bertz CT molecular complexity index is 1000. The zero-order valence-electron chi connectivity index (χ0n) is 17.5. The molecule has 29 heavy (non-hydrogen) atoms. The van der Waals surface area contributed by atoms with Crippen molar-refractivity contribution in [2.24, 2.45) is 0 Å². The zero-order valence-corrected chi connectivity index (χ0v) is 17.5. The second-order valence-electron chi connectivity index (χ2n) is 9.84. The minimum Gasteiger partial charge on any atom is -0.316 e. The molecule has 2 aromatic rings. The SMILES string of the molecule is C[C@@]12CC[C@@H](C[C@H](n3c(=O)c(=O)[nH]c4ccccc43)C1)N2C1CCCCCCC1. The van der Waals surface area contributed by atoms with Crippen molar-refractivity contribution < 1.29 is 0 Å². The number of rotatable bonds is 2. The predicted octanol–water partition coefficient (Wildman–Crippen LogP) is 4.36. The van der Waals surface area contributed by atoms with Gasteiger partial charge in [-0.1, -0.05) is 44.2 Å². The third-order valence-electron chi connectivity index (χ3n) is 7.91. The lowest BCUT2D eigenvalue weighted by Crippen LogP contribution is -2.56. The first-order valence-corrected chi connectivity index (χ1v) is 11.6. The van der Waals surface area contributed by atoms with Crippen LogP contribution in [0.25, 0.3) is 11.0 Å². The summed E-state index contributed by atoms with van der Waals surface area (Å²) < 4.78 is 1.82. The van der Waals surface area contributed by atoms with E-state index >= 15 is 0 Å². The van der Waals surface area contributed by atoms with Crippen LogP contribution in [0.3, 0.4) is 0 Å². The highest BCUT2D eigenvalue weighted by Gasteiger charge is 2.51. The Kier molecular flexibility index (Phi) is 4.89. The van der Waals surface area contributed by atoms with E-state index in [9.17, 15) is 9.59 Å². The van der Waals surface area contributed by atoms with Crippen molar-refractivity contribution >= 4 is 11.0 Å². The largest absolute Gasteiger partial charge is 0.316 e. The van der Waals surface area contributed by atoms with Gasteiger partial charge in [0.25, 0.3) is 0 Å². The van der Waals surface area contributed by atoms with Crippen molar-refractivity contribution in [2.75, 3.05) is 0 Å². The van der Waals surface area contributed by atoms with Crippen LogP contribution in [0.4, 0.5) is 0 Å². The minimum absolute atomic E-state index is 0.108. The van der Waals surface area contributed by atoms with Crippen LogP contribution in [0.15, 0.2) is 33.9 Å². The summed E-state index contributed by atoms with van der Waals surface area (Å²) in [4.78, 5) is 30.8. The number of piperidine rings is 1. The van der Waals surface area contributed by atoms with E-state index in [0.29, 0.717) is 12.1 Å². The third-order valence-corrected chi connectivity index (χ3v) is 7.91. The van der Waals surface area contributed by atoms with Crippen LogP contribution in [0.1, 0.15) is 83.6 Å². The van der Waals surface area contributed by atoms with Gasteiger partial charge in [0, 0.05) is 23.7 Å². The molecule has 1 aromatic carbocycles. The molecule has 3 heterocycles. The molecule has 1 saturated carbocycles. The molecule has 5 rings (SSSR count). The number of fused-ring (bicyclic) bond motifs is 3. The smallest absolute Gasteiger partial charge is 0.316 e. The van der Waals surface area contributed by atoms with E-state index < -0.39 is 11.1 Å². The summed E-state index contributed by atoms with van der Waals surface area (Å²) >= 11 is 0. The summed E-state index contributed by atoms with van der Waals surface area (Å²) in [5, 5.41) is 0. The molecular formula is C24H33N3O2. The number of nitrogens with zero attached hydrogens (tertiary/aromatic N) is 2. The Balaban J connectivity index is 1.50. The molecule has 0 radical (unpaired) electrons. The maximum absolute atomic E-state index is 12.9. The Morgan fingerprint density at radius 2 is 1.66 bits per heavy atom. The van der Waals surface area contributed by atoms with Gasteiger partial charge in [0.05, 0.1) is 11.0 Å². The Labute approximate surface area is 172 Å². The second-order valence-corrected chi connectivity index (χ2v) is 9.84. The van der Waals surface area contributed by atoms with Gasteiger partial charge in [0.1, 0.15) is 0 Å². The van der Waals surface area contributed by atoms with Crippen molar-refractivity contribution in [2.45, 2.75) is 101 Å². The van der Waals surface area contributed by atoms with Gasteiger partial charge >= 0.3 is 11.1 Å². The quantitative estimate of drug-likeness (QED) is 0.769. The number of aromatic nitrogens is 2. The van der Waals surface area contributed by atoms with Gasteiger partial charge in [-0.2, -0.15) is 0 Å². The highest BCUT2D eigenvalue weighted by molar-refractivity contribution is 5.74. The second kappa shape index (κ2) is 7.42. The Morgan fingerprint density at radius 3 is 2.41 bits per heavy atom. The summed E-state index contributed by atoms with van der Waals surface area (Å²) in [6, 6.07) is 9.07. The van der Waals surface area contributed by atoms with E-state index in [1.54, 1.807) is 0 Å². The van der Waals surface area contributed by atoms with Gasteiger partial charge in [-0.3, -0.25) is 19.1 Å². The lowest BCUT2D eigenvalue weighted by Gasteiger charge is -2.50. The highest BCUT2D eigenvalue weighted by atomic mass is 16.2. The predicted molar refractivity (Wildman–Crippen MR) is 116 cm³/mol. The third kappa shape index (κ3) is 3.27.